The Balaban J connectivity index is 1.12. The van der Waals surface area contributed by atoms with Crippen LogP contribution in [0.15, 0.2) is 183 Å². The quantitative estimate of drug-likeness (QED) is 0.155. The van der Waals surface area contributed by atoms with Gasteiger partial charge in [-0.25, -0.2) is 15.0 Å². The van der Waals surface area contributed by atoms with Crippen LogP contribution in [0.5, 0.6) is 0 Å². The second-order valence-corrected chi connectivity index (χ2v) is 17.0. The van der Waals surface area contributed by atoms with E-state index in [1.807, 2.05) is 128 Å². The molecule has 0 aliphatic carbocycles. The summed E-state index contributed by atoms with van der Waals surface area (Å²) in [6.45, 7) is 0. The highest BCUT2D eigenvalue weighted by molar-refractivity contribution is 7.84. The Morgan fingerprint density at radius 3 is 0.966 bits per heavy atom. The van der Waals surface area contributed by atoms with E-state index in [4.69, 9.17) is 15.0 Å². The molecular formula is C48H30N9OP. The molecule has 12 aromatic rings. The zero-order valence-corrected chi connectivity index (χ0v) is 32.1. The molecule has 0 saturated heterocycles. The van der Waals surface area contributed by atoms with Crippen molar-refractivity contribution in [3.63, 3.8) is 0 Å². The largest absolute Gasteiger partial charge is 0.304 e. The van der Waals surface area contributed by atoms with E-state index in [0.29, 0.717) is 33.8 Å². The molecule has 0 spiro atoms. The maximum absolute atomic E-state index is 16.7. The first-order valence-corrected chi connectivity index (χ1v) is 20.9. The molecule has 10 nitrogen and oxygen atoms in total. The van der Waals surface area contributed by atoms with Crippen LogP contribution in [0.4, 0.5) is 0 Å². The maximum Gasteiger partial charge on any atom is 0.223 e. The molecule has 9 aromatic heterocycles. The number of hydrogen-bond acceptors (Lipinski definition) is 7. The Hall–Kier alpha value is -7.81. The number of benzene rings is 3. The van der Waals surface area contributed by atoms with Crippen LogP contribution in [-0.4, -0.2) is 43.6 Å². The van der Waals surface area contributed by atoms with Gasteiger partial charge in [-0.1, -0.05) is 72.8 Å². The topological polar surface area (TPSA) is 109 Å². The van der Waals surface area contributed by atoms with E-state index in [0.717, 1.165) is 65.4 Å². The van der Waals surface area contributed by atoms with Crippen molar-refractivity contribution < 1.29 is 4.57 Å². The molecule has 0 amide bonds. The minimum Gasteiger partial charge on any atom is -0.304 e. The number of nitrogens with zero attached hydrogens (tertiary/aromatic N) is 9. The third-order valence-electron chi connectivity index (χ3n) is 11.2. The molecule has 0 fully saturated rings. The van der Waals surface area contributed by atoms with Crippen molar-refractivity contribution >= 4 is 88.9 Å². The summed E-state index contributed by atoms with van der Waals surface area (Å²) in [5.41, 5.74) is 6.65. The average molecular weight is 780 g/mol. The average Bonchev–Trinajstić information content (AvgIpc) is 3.95. The summed E-state index contributed by atoms with van der Waals surface area (Å²) < 4.78 is 22.9. The zero-order chi connectivity index (χ0) is 39.1. The molecular weight excluding hydrogens is 750 g/mol. The smallest absolute Gasteiger partial charge is 0.223 e. The van der Waals surface area contributed by atoms with Crippen molar-refractivity contribution in [3.05, 3.63) is 183 Å². The second-order valence-electron chi connectivity index (χ2n) is 14.4. The number of fused-ring (bicyclic) bond motifs is 9. The Morgan fingerprint density at radius 1 is 0.322 bits per heavy atom. The molecule has 0 aliphatic heterocycles. The summed E-state index contributed by atoms with van der Waals surface area (Å²) in [4.78, 5) is 29.3. The normalized spacial score (nSPS) is 12.1. The summed E-state index contributed by atoms with van der Waals surface area (Å²) in [5.74, 6) is 1.82. The minimum atomic E-state index is -3.95. The lowest BCUT2D eigenvalue weighted by Gasteiger charge is -2.20. The van der Waals surface area contributed by atoms with Crippen LogP contribution in [0.25, 0.3) is 82.9 Å². The van der Waals surface area contributed by atoms with Gasteiger partial charge >= 0.3 is 0 Å². The minimum absolute atomic E-state index is 0.354. The van der Waals surface area contributed by atoms with Gasteiger partial charge in [-0.15, -0.1) is 0 Å². The number of rotatable bonds is 6. The number of aromatic nitrogens is 9. The van der Waals surface area contributed by atoms with Gasteiger partial charge in [0.05, 0.1) is 51.7 Å². The van der Waals surface area contributed by atoms with Gasteiger partial charge in [0.15, 0.2) is 0 Å². The van der Waals surface area contributed by atoms with Gasteiger partial charge in [-0.3, -0.25) is 28.7 Å². The lowest BCUT2D eigenvalue weighted by Crippen LogP contribution is -2.32. The lowest BCUT2D eigenvalue weighted by molar-refractivity contribution is 0.590. The first kappa shape index (κ1) is 33.3. The van der Waals surface area contributed by atoms with E-state index in [9.17, 15) is 0 Å². The fourth-order valence-corrected chi connectivity index (χ4v) is 11.0. The van der Waals surface area contributed by atoms with Gasteiger partial charge in [0.25, 0.3) is 0 Å². The summed E-state index contributed by atoms with van der Waals surface area (Å²) in [6.07, 6.45) is 10.9. The Morgan fingerprint density at radius 2 is 0.627 bits per heavy atom. The van der Waals surface area contributed by atoms with Crippen molar-refractivity contribution in [2.45, 2.75) is 0 Å². The van der Waals surface area contributed by atoms with Crippen LogP contribution in [0.3, 0.4) is 0 Å². The van der Waals surface area contributed by atoms with Gasteiger partial charge in [-0.05, 0) is 72.8 Å². The van der Waals surface area contributed by atoms with Crippen LogP contribution >= 0.6 is 7.14 Å². The Bertz CT molecular complexity index is 3150. The highest BCUT2D eigenvalue weighted by atomic mass is 31.2. The molecule has 11 heteroatoms. The van der Waals surface area contributed by atoms with Crippen LogP contribution in [0, 0.1) is 0 Å². The Labute approximate surface area is 336 Å². The molecule has 0 bridgehead atoms. The highest BCUT2D eigenvalue weighted by Gasteiger charge is 2.36. The molecule has 0 saturated carbocycles. The van der Waals surface area contributed by atoms with Crippen molar-refractivity contribution in [3.8, 4) is 17.5 Å². The van der Waals surface area contributed by atoms with E-state index in [2.05, 4.69) is 65.1 Å². The standard InChI is InChI=1S/C48H30N9OP/c58-59(46-19-7-16-43(52-46)55-37-13-4-1-10-31(37)34-22-25-49-28-40(34)55,47-20-8-17-44(53-47)56-38-14-5-2-11-32(38)35-23-26-50-29-41(35)56)48-21-9-18-45(54-48)57-39-15-6-3-12-33(39)36-24-27-51-30-42(36)57/h1-30H. The van der Waals surface area contributed by atoms with E-state index in [1.54, 1.807) is 18.6 Å². The molecule has 9 heterocycles. The molecule has 0 radical (unpaired) electrons. The van der Waals surface area contributed by atoms with Crippen LogP contribution in [0.1, 0.15) is 0 Å². The number of hydrogen-bond donors (Lipinski definition) is 0. The molecule has 0 atom stereocenters. The fraction of sp³-hybridized carbons (Fsp3) is 0. The fourth-order valence-electron chi connectivity index (χ4n) is 8.68. The van der Waals surface area contributed by atoms with Gasteiger partial charge in [-0.2, -0.15) is 0 Å². The highest BCUT2D eigenvalue weighted by Crippen LogP contribution is 2.42. The third kappa shape index (κ3) is 4.90. The van der Waals surface area contributed by atoms with Crippen molar-refractivity contribution in [1.82, 2.24) is 43.6 Å². The summed E-state index contributed by atoms with van der Waals surface area (Å²) >= 11 is 0. The molecule has 0 unspecified atom stereocenters. The number of pyridine rings is 6. The first-order chi connectivity index (χ1) is 29.2. The van der Waals surface area contributed by atoms with Crippen LogP contribution in [-0.2, 0) is 4.57 Å². The summed E-state index contributed by atoms with van der Waals surface area (Å²) in [7, 11) is -3.95. The summed E-state index contributed by atoms with van der Waals surface area (Å²) in [6, 6.07) is 47.7. The molecule has 0 N–H and O–H groups in total. The molecule has 278 valence electrons. The predicted octanol–water partition coefficient (Wildman–Crippen LogP) is 8.99. The van der Waals surface area contributed by atoms with E-state index in [1.165, 1.54) is 0 Å². The maximum atomic E-state index is 16.7. The third-order valence-corrected chi connectivity index (χ3v) is 13.9. The monoisotopic (exact) mass is 779 g/mol. The Kier molecular flexibility index (Phi) is 7.27. The lowest BCUT2D eigenvalue weighted by atomic mass is 10.2. The molecule has 0 aliphatic rings. The molecule has 3 aromatic carbocycles. The SMILES string of the molecule is O=P(c1cccc(-n2c3ccccc3c3ccncc32)n1)(c1cccc(-n2c3ccccc3c3ccncc32)n1)c1cccc(-n2c3ccccc3c3ccncc32)n1. The molecule has 12 rings (SSSR count). The van der Waals surface area contributed by atoms with E-state index in [-0.39, 0.29) is 0 Å². The van der Waals surface area contributed by atoms with E-state index >= 15 is 4.57 Å². The first-order valence-electron chi connectivity index (χ1n) is 19.2. The van der Waals surface area contributed by atoms with Gasteiger partial charge < -0.3 is 4.57 Å². The van der Waals surface area contributed by atoms with Gasteiger partial charge in [0, 0.05) is 50.9 Å². The summed E-state index contributed by atoms with van der Waals surface area (Å²) in [5, 5.41) is 6.38. The van der Waals surface area contributed by atoms with Gasteiger partial charge in [0.2, 0.25) is 7.14 Å². The van der Waals surface area contributed by atoms with Crippen LogP contribution < -0.4 is 16.3 Å². The van der Waals surface area contributed by atoms with Crippen LogP contribution in [0.2, 0.25) is 0 Å². The number of para-hydroxylation sites is 3. The van der Waals surface area contributed by atoms with Gasteiger partial charge in [0.1, 0.15) is 33.8 Å². The molecule has 59 heavy (non-hydrogen) atoms. The van der Waals surface area contributed by atoms with Crippen molar-refractivity contribution in [1.29, 1.82) is 0 Å². The predicted molar refractivity (Wildman–Crippen MR) is 236 cm³/mol. The second kappa shape index (κ2) is 12.9. The van der Waals surface area contributed by atoms with Crippen molar-refractivity contribution in [2.24, 2.45) is 0 Å². The van der Waals surface area contributed by atoms with E-state index < -0.39 is 7.14 Å². The zero-order valence-electron chi connectivity index (χ0n) is 31.2. The van der Waals surface area contributed by atoms with Crippen molar-refractivity contribution in [2.75, 3.05) is 0 Å².